The van der Waals surface area contributed by atoms with Crippen molar-refractivity contribution in [3.05, 3.63) is 33.1 Å². The van der Waals surface area contributed by atoms with Gasteiger partial charge < -0.3 is 14.3 Å². The number of hydrogen-bond donors (Lipinski definition) is 2. The molecular formula is C17H28N2O5Si. The molecule has 0 fully saturated rings. The van der Waals surface area contributed by atoms with Gasteiger partial charge in [-0.25, -0.2) is 4.79 Å². The number of aromatic nitrogens is 2. The van der Waals surface area contributed by atoms with E-state index >= 15 is 0 Å². The van der Waals surface area contributed by atoms with Crippen molar-refractivity contribution < 1.29 is 14.3 Å². The second-order valence-electron chi connectivity index (χ2n) is 6.65. The predicted octanol–water partition coefficient (Wildman–Crippen LogP) is 0.995. The number of ether oxygens (including phenoxy) is 1. The number of aliphatic hydroxyl groups excluding tert-OH is 1. The standard InChI is InChI=1S/C17H28N2O5Si/c1-7-14(24-25(11(2)3)12(4)5)15(10-20)23-13(6)19-9-8-16(21)18-17(19)22/h1,8-9,11-15,20,25H,10H2,2-6H3,(H,18,21,22)/t13-,14+,15-/m1/s1. The highest BCUT2D eigenvalue weighted by Crippen LogP contribution is 2.24. The fourth-order valence-electron chi connectivity index (χ4n) is 2.73. The lowest BCUT2D eigenvalue weighted by Crippen LogP contribution is -2.42. The van der Waals surface area contributed by atoms with Crippen LogP contribution in [0, 0.1) is 12.3 Å². The Kier molecular flexibility index (Phi) is 8.32. The average Bonchev–Trinajstić information content (AvgIpc) is 2.53. The molecular weight excluding hydrogens is 340 g/mol. The first-order chi connectivity index (χ1) is 11.7. The lowest BCUT2D eigenvalue weighted by molar-refractivity contribution is -0.0991. The van der Waals surface area contributed by atoms with Crippen molar-refractivity contribution in [2.75, 3.05) is 6.61 Å². The normalized spacial score (nSPS) is 15.4. The molecule has 2 N–H and O–H groups in total. The second-order valence-corrected chi connectivity index (χ2v) is 10.5. The van der Waals surface area contributed by atoms with Gasteiger partial charge in [0.1, 0.15) is 18.4 Å². The van der Waals surface area contributed by atoms with Gasteiger partial charge in [0.25, 0.3) is 5.56 Å². The van der Waals surface area contributed by atoms with E-state index in [-0.39, 0.29) is 6.61 Å². The van der Waals surface area contributed by atoms with Crippen LogP contribution in [0.1, 0.15) is 40.8 Å². The third kappa shape index (κ3) is 5.97. The van der Waals surface area contributed by atoms with Gasteiger partial charge in [0.2, 0.25) is 0 Å². The number of nitrogens with zero attached hydrogens (tertiary/aromatic N) is 1. The van der Waals surface area contributed by atoms with Crippen LogP contribution in [0.15, 0.2) is 21.9 Å². The molecule has 8 heteroatoms. The van der Waals surface area contributed by atoms with Crippen LogP contribution in [-0.2, 0) is 9.16 Å². The smallest absolute Gasteiger partial charge is 0.330 e. The average molecular weight is 369 g/mol. The summed E-state index contributed by atoms with van der Waals surface area (Å²) >= 11 is 0. The maximum atomic E-state index is 11.8. The van der Waals surface area contributed by atoms with Crippen molar-refractivity contribution in [1.29, 1.82) is 0 Å². The van der Waals surface area contributed by atoms with Crippen LogP contribution >= 0.6 is 0 Å². The topological polar surface area (TPSA) is 93.5 Å². The van der Waals surface area contributed by atoms with Crippen molar-refractivity contribution in [3.8, 4) is 12.3 Å². The molecule has 1 aromatic rings. The molecule has 0 unspecified atom stereocenters. The Hall–Kier alpha value is -1.66. The van der Waals surface area contributed by atoms with Crippen LogP contribution in [-0.4, -0.2) is 42.5 Å². The van der Waals surface area contributed by atoms with Crippen LogP contribution in [0.2, 0.25) is 11.1 Å². The summed E-state index contributed by atoms with van der Waals surface area (Å²) in [6.45, 7) is 9.69. The van der Waals surface area contributed by atoms with Gasteiger partial charge in [-0.2, -0.15) is 0 Å². The zero-order valence-corrected chi connectivity index (χ0v) is 16.6. The SMILES string of the molecule is C#C[C@H](O[SiH](C(C)C)C(C)C)[C@@H](CO)O[C@H](C)n1ccc(=O)[nH]c1=O. The zero-order chi connectivity index (χ0) is 19.1. The summed E-state index contributed by atoms with van der Waals surface area (Å²) in [5.41, 5.74) is -0.310. The first kappa shape index (κ1) is 21.4. The molecule has 1 rings (SSSR count). The van der Waals surface area contributed by atoms with E-state index < -0.39 is 38.7 Å². The number of rotatable bonds is 9. The number of terminal acetylenes is 1. The molecule has 25 heavy (non-hydrogen) atoms. The van der Waals surface area contributed by atoms with Crippen molar-refractivity contribution in [2.24, 2.45) is 0 Å². The monoisotopic (exact) mass is 368 g/mol. The van der Waals surface area contributed by atoms with Crippen LogP contribution < -0.4 is 11.2 Å². The first-order valence-electron chi connectivity index (χ1n) is 8.40. The van der Waals surface area contributed by atoms with E-state index in [9.17, 15) is 14.7 Å². The number of aromatic amines is 1. The largest absolute Gasteiger partial charge is 0.404 e. The van der Waals surface area contributed by atoms with E-state index in [2.05, 4.69) is 38.6 Å². The fraction of sp³-hybridized carbons (Fsp3) is 0.647. The number of nitrogens with one attached hydrogen (secondary N) is 1. The van der Waals surface area contributed by atoms with Gasteiger partial charge >= 0.3 is 5.69 Å². The molecule has 0 spiro atoms. The summed E-state index contributed by atoms with van der Waals surface area (Å²) in [7, 11) is -1.61. The highest BCUT2D eigenvalue weighted by Gasteiger charge is 2.30. The van der Waals surface area contributed by atoms with Gasteiger partial charge in [0, 0.05) is 12.3 Å². The lowest BCUT2D eigenvalue weighted by Gasteiger charge is -2.31. The molecule has 3 atom stereocenters. The Morgan fingerprint density at radius 1 is 1.28 bits per heavy atom. The zero-order valence-electron chi connectivity index (χ0n) is 15.4. The Morgan fingerprint density at radius 2 is 1.88 bits per heavy atom. The Labute approximate surface area is 149 Å². The summed E-state index contributed by atoms with van der Waals surface area (Å²) in [5, 5.41) is 9.70. The first-order valence-corrected chi connectivity index (χ1v) is 10.2. The lowest BCUT2D eigenvalue weighted by atomic mass is 10.2. The molecule has 1 aromatic heterocycles. The minimum atomic E-state index is -1.61. The molecule has 140 valence electrons. The van der Waals surface area contributed by atoms with E-state index in [1.54, 1.807) is 6.92 Å². The Balaban J connectivity index is 2.93. The number of hydrogen-bond acceptors (Lipinski definition) is 5. The summed E-state index contributed by atoms with van der Waals surface area (Å²) in [5.74, 6) is 2.56. The van der Waals surface area contributed by atoms with Crippen LogP contribution in [0.4, 0.5) is 0 Å². The third-order valence-corrected chi connectivity index (χ3v) is 7.15. The van der Waals surface area contributed by atoms with E-state index in [4.69, 9.17) is 15.6 Å². The molecule has 0 aromatic carbocycles. The minimum Gasteiger partial charge on any atom is -0.404 e. The molecule has 0 saturated heterocycles. The number of aliphatic hydroxyl groups is 1. The van der Waals surface area contributed by atoms with Gasteiger partial charge in [-0.3, -0.25) is 14.3 Å². The van der Waals surface area contributed by atoms with E-state index in [1.807, 2.05) is 0 Å². The molecule has 0 saturated carbocycles. The maximum absolute atomic E-state index is 11.8. The molecule has 0 aliphatic rings. The van der Waals surface area contributed by atoms with E-state index in [1.165, 1.54) is 16.8 Å². The van der Waals surface area contributed by atoms with Crippen molar-refractivity contribution in [3.63, 3.8) is 0 Å². The number of H-pyrrole nitrogens is 1. The highest BCUT2D eigenvalue weighted by atomic mass is 28.3. The van der Waals surface area contributed by atoms with Crippen LogP contribution in [0.3, 0.4) is 0 Å². The molecule has 1 heterocycles. The summed E-state index contributed by atoms with van der Waals surface area (Å²) in [4.78, 5) is 25.2. The molecule has 0 radical (unpaired) electrons. The predicted molar refractivity (Wildman–Crippen MR) is 99.0 cm³/mol. The summed E-state index contributed by atoms with van der Waals surface area (Å²) in [6, 6.07) is 1.23. The summed E-state index contributed by atoms with van der Waals surface area (Å²) < 4.78 is 13.1. The van der Waals surface area contributed by atoms with Crippen LogP contribution in [0.5, 0.6) is 0 Å². The fourth-order valence-corrected chi connectivity index (χ4v) is 5.49. The Morgan fingerprint density at radius 3 is 2.32 bits per heavy atom. The molecule has 0 aliphatic heterocycles. The molecule has 0 bridgehead atoms. The molecule has 0 amide bonds. The van der Waals surface area contributed by atoms with E-state index in [0.29, 0.717) is 11.1 Å². The van der Waals surface area contributed by atoms with Gasteiger partial charge in [-0.05, 0) is 18.0 Å². The minimum absolute atomic E-state index is 0.339. The van der Waals surface area contributed by atoms with Crippen molar-refractivity contribution >= 4 is 9.04 Å². The van der Waals surface area contributed by atoms with Crippen LogP contribution in [0.25, 0.3) is 0 Å². The summed E-state index contributed by atoms with van der Waals surface area (Å²) in [6.07, 6.45) is 4.74. The van der Waals surface area contributed by atoms with Gasteiger partial charge in [0.15, 0.2) is 9.04 Å². The highest BCUT2D eigenvalue weighted by molar-refractivity contribution is 6.55. The van der Waals surface area contributed by atoms with E-state index in [0.717, 1.165) is 0 Å². The Bertz CT molecular complexity index is 683. The van der Waals surface area contributed by atoms with Gasteiger partial charge in [-0.1, -0.05) is 33.6 Å². The maximum Gasteiger partial charge on any atom is 0.330 e. The van der Waals surface area contributed by atoms with Gasteiger partial charge in [0.05, 0.1) is 6.61 Å². The van der Waals surface area contributed by atoms with Crippen molar-refractivity contribution in [2.45, 2.75) is 64.1 Å². The van der Waals surface area contributed by atoms with Gasteiger partial charge in [-0.15, -0.1) is 6.42 Å². The second kappa shape index (κ2) is 9.72. The van der Waals surface area contributed by atoms with Crippen molar-refractivity contribution in [1.82, 2.24) is 9.55 Å². The quantitative estimate of drug-likeness (QED) is 0.501. The molecule has 7 nitrogen and oxygen atoms in total. The molecule has 0 aliphatic carbocycles. The third-order valence-electron chi connectivity index (χ3n) is 3.91.